The van der Waals surface area contributed by atoms with Crippen LogP contribution in [0.2, 0.25) is 0 Å². The summed E-state index contributed by atoms with van der Waals surface area (Å²) in [6.07, 6.45) is 4.61. The van der Waals surface area contributed by atoms with Crippen molar-refractivity contribution in [1.29, 1.82) is 0 Å². The summed E-state index contributed by atoms with van der Waals surface area (Å²) in [4.78, 5) is 6.68. The van der Waals surface area contributed by atoms with Crippen LogP contribution < -0.4 is 5.73 Å². The normalized spacial score (nSPS) is 26.7. The topological polar surface area (TPSA) is 60.1 Å². The van der Waals surface area contributed by atoms with Crippen LogP contribution in [-0.2, 0) is 9.47 Å². The van der Waals surface area contributed by atoms with Gasteiger partial charge in [0.1, 0.15) is 0 Å². The highest BCUT2D eigenvalue weighted by Gasteiger charge is 2.17. The Balaban J connectivity index is 0.00000220. The number of guanidine groups is 1. The van der Waals surface area contributed by atoms with Gasteiger partial charge in [-0.2, -0.15) is 0 Å². The van der Waals surface area contributed by atoms with Crippen LogP contribution in [0.25, 0.3) is 0 Å². The van der Waals surface area contributed by atoms with Crippen LogP contribution in [-0.4, -0.2) is 56.9 Å². The Kier molecular flexibility index (Phi) is 9.59. The summed E-state index contributed by atoms with van der Waals surface area (Å²) >= 11 is 0. The number of nitrogens with two attached hydrogens (primary N) is 1. The number of hydrogen-bond acceptors (Lipinski definition) is 3. The Morgan fingerprint density at radius 3 is 3.00 bits per heavy atom. The Bertz CT molecular complexity index is 309. The molecule has 0 amide bonds. The molecule has 5 nitrogen and oxygen atoms in total. The molecule has 0 saturated carbocycles. The van der Waals surface area contributed by atoms with Crippen LogP contribution in [0, 0.1) is 11.8 Å². The van der Waals surface area contributed by atoms with Gasteiger partial charge in [0.2, 0.25) is 0 Å². The highest BCUT2D eigenvalue weighted by atomic mass is 127. The van der Waals surface area contributed by atoms with Gasteiger partial charge in [0.25, 0.3) is 0 Å². The monoisotopic (exact) mass is 411 g/mol. The first-order chi connectivity index (χ1) is 9.75. The molecule has 0 aromatic carbocycles. The molecule has 2 fully saturated rings. The smallest absolute Gasteiger partial charge is 0.191 e. The maximum absolute atomic E-state index is 6.04. The predicted molar refractivity (Wildman–Crippen MR) is 96.2 cm³/mol. The molecule has 2 N–H and O–H groups in total. The molecule has 2 saturated heterocycles. The van der Waals surface area contributed by atoms with Crippen LogP contribution in [0.3, 0.4) is 0 Å². The molecule has 2 heterocycles. The van der Waals surface area contributed by atoms with Gasteiger partial charge >= 0.3 is 0 Å². The Labute approximate surface area is 145 Å². The lowest BCUT2D eigenvalue weighted by atomic mass is 10.0. The van der Waals surface area contributed by atoms with Crippen LogP contribution in [0.1, 0.15) is 32.6 Å². The largest absolute Gasteiger partial charge is 0.381 e. The van der Waals surface area contributed by atoms with Crippen molar-refractivity contribution in [2.75, 3.05) is 46.1 Å². The molecule has 2 rings (SSSR count). The standard InChI is InChI=1S/C15H29N3O2.HI/c1-13-4-2-7-18(10-13)15(16)17-6-3-8-19-11-14-5-9-20-12-14;/h13-14H,2-12H2,1H3,(H2,16,17);1H. The minimum Gasteiger partial charge on any atom is -0.381 e. The number of nitrogens with zero attached hydrogens (tertiary/aromatic N) is 2. The molecule has 0 spiro atoms. The van der Waals surface area contributed by atoms with Crippen LogP contribution in [0.15, 0.2) is 4.99 Å². The lowest BCUT2D eigenvalue weighted by Gasteiger charge is -2.31. The van der Waals surface area contributed by atoms with Crippen molar-refractivity contribution in [1.82, 2.24) is 4.90 Å². The minimum absolute atomic E-state index is 0. The van der Waals surface area contributed by atoms with E-state index in [0.29, 0.717) is 11.9 Å². The van der Waals surface area contributed by atoms with E-state index in [1.54, 1.807) is 0 Å². The van der Waals surface area contributed by atoms with Gasteiger partial charge in [-0.05, 0) is 31.6 Å². The third-order valence-corrected chi connectivity index (χ3v) is 4.08. The minimum atomic E-state index is 0. The van der Waals surface area contributed by atoms with Gasteiger partial charge in [-0.1, -0.05) is 6.92 Å². The van der Waals surface area contributed by atoms with Gasteiger partial charge < -0.3 is 20.1 Å². The van der Waals surface area contributed by atoms with Gasteiger partial charge in [0.05, 0.1) is 13.2 Å². The van der Waals surface area contributed by atoms with Gasteiger partial charge in [-0.15, -0.1) is 24.0 Å². The molecular weight excluding hydrogens is 381 g/mol. The quantitative estimate of drug-likeness (QED) is 0.315. The van der Waals surface area contributed by atoms with Crippen LogP contribution in [0.5, 0.6) is 0 Å². The summed E-state index contributed by atoms with van der Waals surface area (Å²) in [6, 6.07) is 0. The molecular formula is C15H30IN3O2. The van der Waals surface area contributed by atoms with E-state index in [2.05, 4.69) is 16.8 Å². The van der Waals surface area contributed by atoms with E-state index < -0.39 is 0 Å². The number of ether oxygens (including phenoxy) is 2. The van der Waals surface area contributed by atoms with Gasteiger partial charge in [0, 0.05) is 38.8 Å². The van der Waals surface area contributed by atoms with E-state index in [4.69, 9.17) is 15.2 Å². The first-order valence-electron chi connectivity index (χ1n) is 7.96. The summed E-state index contributed by atoms with van der Waals surface area (Å²) in [6.45, 7) is 8.48. The second-order valence-electron chi connectivity index (χ2n) is 6.09. The van der Waals surface area contributed by atoms with E-state index >= 15 is 0 Å². The molecule has 2 atom stereocenters. The predicted octanol–water partition coefficient (Wildman–Crippen LogP) is 2.09. The van der Waals surface area contributed by atoms with Crippen LogP contribution >= 0.6 is 24.0 Å². The number of likely N-dealkylation sites (tertiary alicyclic amines) is 1. The number of rotatable bonds is 6. The lowest BCUT2D eigenvalue weighted by molar-refractivity contribution is 0.0893. The molecule has 2 aliphatic heterocycles. The van der Waals surface area contributed by atoms with Crippen molar-refractivity contribution in [2.45, 2.75) is 32.6 Å². The Morgan fingerprint density at radius 1 is 1.43 bits per heavy atom. The summed E-state index contributed by atoms with van der Waals surface area (Å²) in [5.74, 6) is 2.04. The molecule has 0 aliphatic carbocycles. The van der Waals surface area contributed by atoms with Crippen molar-refractivity contribution in [2.24, 2.45) is 22.6 Å². The van der Waals surface area contributed by atoms with Gasteiger partial charge in [0.15, 0.2) is 5.96 Å². The van der Waals surface area contributed by atoms with E-state index in [-0.39, 0.29) is 24.0 Å². The van der Waals surface area contributed by atoms with Crippen molar-refractivity contribution in [3.8, 4) is 0 Å². The van der Waals surface area contributed by atoms with Crippen LogP contribution in [0.4, 0.5) is 0 Å². The summed E-state index contributed by atoms with van der Waals surface area (Å²) in [5, 5.41) is 0. The SMILES string of the molecule is CC1CCCN(C(N)=NCCCOCC2CCOC2)C1.I. The Hall–Kier alpha value is -0.0800. The van der Waals surface area contributed by atoms with E-state index in [0.717, 1.165) is 64.8 Å². The average Bonchev–Trinajstić information content (AvgIpc) is 2.95. The highest BCUT2D eigenvalue weighted by molar-refractivity contribution is 14.0. The second-order valence-corrected chi connectivity index (χ2v) is 6.09. The molecule has 2 unspecified atom stereocenters. The van der Waals surface area contributed by atoms with Gasteiger partial charge in [-0.3, -0.25) is 4.99 Å². The van der Waals surface area contributed by atoms with Gasteiger partial charge in [-0.25, -0.2) is 0 Å². The summed E-state index contributed by atoms with van der Waals surface area (Å²) in [5.41, 5.74) is 6.04. The number of hydrogen-bond donors (Lipinski definition) is 1. The molecule has 0 aromatic heterocycles. The van der Waals surface area contributed by atoms with E-state index in [1.165, 1.54) is 12.8 Å². The molecule has 2 aliphatic rings. The second kappa shape index (κ2) is 10.6. The third-order valence-electron chi connectivity index (χ3n) is 4.08. The summed E-state index contributed by atoms with van der Waals surface area (Å²) in [7, 11) is 0. The molecule has 0 bridgehead atoms. The van der Waals surface area contributed by atoms with Crippen molar-refractivity contribution < 1.29 is 9.47 Å². The average molecular weight is 411 g/mol. The van der Waals surface area contributed by atoms with Crippen molar-refractivity contribution in [3.05, 3.63) is 0 Å². The third kappa shape index (κ3) is 7.15. The first-order valence-corrected chi connectivity index (χ1v) is 7.96. The first kappa shape index (κ1) is 19.0. The zero-order valence-electron chi connectivity index (χ0n) is 13.1. The van der Waals surface area contributed by atoms with E-state index in [9.17, 15) is 0 Å². The number of aliphatic imine (C=N–C) groups is 1. The molecule has 0 aromatic rings. The lowest BCUT2D eigenvalue weighted by Crippen LogP contribution is -2.43. The van der Waals surface area contributed by atoms with E-state index in [1.807, 2.05) is 0 Å². The Morgan fingerprint density at radius 2 is 2.29 bits per heavy atom. The molecule has 6 heteroatoms. The maximum atomic E-state index is 6.04. The highest BCUT2D eigenvalue weighted by Crippen LogP contribution is 2.15. The van der Waals surface area contributed by atoms with Crippen molar-refractivity contribution >= 4 is 29.9 Å². The number of piperidine rings is 1. The summed E-state index contributed by atoms with van der Waals surface area (Å²) < 4.78 is 11.0. The molecule has 0 radical (unpaired) electrons. The zero-order valence-corrected chi connectivity index (χ0v) is 15.5. The fraction of sp³-hybridized carbons (Fsp3) is 0.933. The molecule has 124 valence electrons. The zero-order chi connectivity index (χ0) is 14.2. The number of halogens is 1. The fourth-order valence-corrected chi connectivity index (χ4v) is 2.82. The maximum Gasteiger partial charge on any atom is 0.191 e. The van der Waals surface area contributed by atoms with Crippen molar-refractivity contribution in [3.63, 3.8) is 0 Å². The molecule has 21 heavy (non-hydrogen) atoms. The fourth-order valence-electron chi connectivity index (χ4n) is 2.82.